The Hall–Kier alpha value is -4.17. The zero-order chi connectivity index (χ0) is 26.3. The number of aryl methyl sites for hydroxylation is 2. The van der Waals surface area contributed by atoms with E-state index in [2.05, 4.69) is 4.72 Å². The summed E-state index contributed by atoms with van der Waals surface area (Å²) in [4.78, 5) is 13.3. The molecule has 188 valence electrons. The monoisotopic (exact) mass is 516 g/mol. The van der Waals surface area contributed by atoms with Crippen molar-refractivity contribution >= 4 is 43.5 Å². The van der Waals surface area contributed by atoms with Crippen LogP contribution in [0.25, 0.3) is 32.9 Å². The summed E-state index contributed by atoms with van der Waals surface area (Å²) in [7, 11) is -2.25. The van der Waals surface area contributed by atoms with Crippen LogP contribution in [0.5, 0.6) is 0 Å². The fourth-order valence-electron chi connectivity index (χ4n) is 4.63. The number of halogens is 1. The number of carbonyl (C=O) groups excluding carboxylic acids is 1. The Kier molecular flexibility index (Phi) is 6.21. The van der Waals surface area contributed by atoms with Crippen molar-refractivity contribution in [2.24, 2.45) is 7.05 Å². The normalized spacial score (nSPS) is 11.7. The van der Waals surface area contributed by atoms with Gasteiger partial charge in [0, 0.05) is 28.9 Å². The molecule has 0 aliphatic rings. The number of rotatable bonds is 6. The number of hydrogen-bond donors (Lipinski definition) is 1. The van der Waals surface area contributed by atoms with E-state index in [4.69, 9.17) is 4.74 Å². The second-order valence-electron chi connectivity index (χ2n) is 8.79. The molecule has 0 amide bonds. The van der Waals surface area contributed by atoms with Crippen LogP contribution in [0.2, 0.25) is 0 Å². The molecule has 5 rings (SSSR count). The minimum Gasteiger partial charge on any atom is -0.462 e. The topological polar surface area (TPSA) is 77.4 Å². The van der Waals surface area contributed by atoms with E-state index < -0.39 is 21.8 Å². The van der Waals surface area contributed by atoms with E-state index in [1.54, 1.807) is 37.3 Å². The van der Waals surface area contributed by atoms with Crippen molar-refractivity contribution in [1.29, 1.82) is 0 Å². The van der Waals surface area contributed by atoms with Gasteiger partial charge in [-0.15, -0.1) is 0 Å². The second-order valence-corrected chi connectivity index (χ2v) is 10.5. The van der Waals surface area contributed by atoms with Crippen LogP contribution in [0.4, 0.5) is 10.1 Å². The summed E-state index contributed by atoms with van der Waals surface area (Å²) in [5, 5.41) is 1.53. The molecule has 0 unspecified atom stereocenters. The lowest BCUT2D eigenvalue weighted by Crippen LogP contribution is -2.18. The number of nitrogens with zero attached hydrogens (tertiary/aromatic N) is 1. The van der Waals surface area contributed by atoms with Gasteiger partial charge in [0.25, 0.3) is 10.0 Å². The smallest absolute Gasteiger partial charge is 0.340 e. The van der Waals surface area contributed by atoms with Crippen molar-refractivity contribution in [3.8, 4) is 11.1 Å². The maximum atomic E-state index is 14.5. The Morgan fingerprint density at radius 2 is 1.70 bits per heavy atom. The van der Waals surface area contributed by atoms with Gasteiger partial charge in [0.05, 0.1) is 28.3 Å². The van der Waals surface area contributed by atoms with Gasteiger partial charge < -0.3 is 9.30 Å². The van der Waals surface area contributed by atoms with Gasteiger partial charge in [0.15, 0.2) is 0 Å². The highest BCUT2D eigenvalue weighted by Gasteiger charge is 2.27. The minimum atomic E-state index is -4.12. The number of hydrogen-bond acceptors (Lipinski definition) is 4. The van der Waals surface area contributed by atoms with E-state index in [1.807, 2.05) is 42.8 Å². The van der Waals surface area contributed by atoms with Crippen molar-refractivity contribution in [2.45, 2.75) is 18.7 Å². The number of ether oxygens (including phenoxy) is 1. The Labute approximate surface area is 214 Å². The molecule has 0 fully saturated rings. The lowest BCUT2D eigenvalue weighted by atomic mass is 9.94. The lowest BCUT2D eigenvalue weighted by Gasteiger charge is -2.19. The summed E-state index contributed by atoms with van der Waals surface area (Å²) < 4.78 is 51.5. The highest BCUT2D eigenvalue weighted by atomic mass is 32.2. The zero-order valence-electron chi connectivity index (χ0n) is 20.6. The molecule has 4 aromatic carbocycles. The maximum absolute atomic E-state index is 14.5. The Morgan fingerprint density at radius 1 is 0.973 bits per heavy atom. The predicted molar refractivity (Wildman–Crippen MR) is 144 cm³/mol. The quantitative estimate of drug-likeness (QED) is 0.264. The summed E-state index contributed by atoms with van der Waals surface area (Å²) >= 11 is 0. The number of benzene rings is 4. The zero-order valence-corrected chi connectivity index (χ0v) is 21.4. The van der Waals surface area contributed by atoms with Crippen LogP contribution in [0.15, 0.2) is 83.8 Å². The Bertz CT molecular complexity index is 1770. The molecule has 0 saturated carbocycles. The summed E-state index contributed by atoms with van der Waals surface area (Å²) in [6, 6.07) is 21.5. The summed E-state index contributed by atoms with van der Waals surface area (Å²) in [6.45, 7) is 3.64. The third-order valence-electron chi connectivity index (χ3n) is 6.38. The Balaban J connectivity index is 1.91. The number of anilines is 1. The van der Waals surface area contributed by atoms with Gasteiger partial charge in [-0.05, 0) is 55.8 Å². The van der Waals surface area contributed by atoms with Crippen molar-refractivity contribution < 1.29 is 22.3 Å². The average molecular weight is 517 g/mol. The van der Waals surface area contributed by atoms with E-state index in [9.17, 15) is 17.6 Å². The van der Waals surface area contributed by atoms with Gasteiger partial charge in [-0.2, -0.15) is 0 Å². The molecular formula is C29H25FN2O4S. The molecule has 37 heavy (non-hydrogen) atoms. The molecule has 6 nitrogen and oxygen atoms in total. The summed E-state index contributed by atoms with van der Waals surface area (Å²) in [5.41, 5.74) is 3.36. The van der Waals surface area contributed by atoms with Gasteiger partial charge in [-0.1, -0.05) is 48.0 Å². The largest absolute Gasteiger partial charge is 0.462 e. The minimum absolute atomic E-state index is 0.0356. The molecule has 1 heterocycles. The molecule has 5 aromatic rings. The molecule has 1 aromatic heterocycles. The molecule has 8 heteroatoms. The molecular weight excluding hydrogens is 491 g/mol. The fraction of sp³-hybridized carbons (Fsp3) is 0.138. The number of sulfonamides is 1. The van der Waals surface area contributed by atoms with E-state index >= 15 is 0 Å². The first-order valence-corrected chi connectivity index (χ1v) is 13.3. The first kappa shape index (κ1) is 24.5. The predicted octanol–water partition coefficient (Wildman–Crippen LogP) is 6.42. The fourth-order valence-corrected chi connectivity index (χ4v) is 5.73. The third-order valence-corrected chi connectivity index (χ3v) is 7.74. The van der Waals surface area contributed by atoms with E-state index in [-0.39, 0.29) is 22.8 Å². The molecule has 0 spiro atoms. The van der Waals surface area contributed by atoms with Gasteiger partial charge in [0.2, 0.25) is 0 Å². The molecule has 1 N–H and O–H groups in total. The average Bonchev–Trinajstić information content (AvgIpc) is 3.15. The van der Waals surface area contributed by atoms with Crippen LogP contribution in [0.1, 0.15) is 22.8 Å². The van der Waals surface area contributed by atoms with E-state index in [1.165, 1.54) is 24.3 Å². The van der Waals surface area contributed by atoms with Gasteiger partial charge in [-0.25, -0.2) is 17.6 Å². The number of nitrogens with one attached hydrogen (secondary N) is 1. The van der Waals surface area contributed by atoms with E-state index in [0.29, 0.717) is 22.0 Å². The first-order valence-electron chi connectivity index (χ1n) is 11.8. The van der Waals surface area contributed by atoms with Gasteiger partial charge >= 0.3 is 5.97 Å². The standard InChI is InChI=1S/C29H25FN2O4S/c1-4-36-29(33)23-17-25-27(22-10-5-6-11-24(22)32(25)3)26(19-8-7-9-20(30)16-19)28(23)31-37(34,35)21-14-12-18(2)13-15-21/h5-17,31H,4H2,1-3H3. The Morgan fingerprint density at radius 3 is 2.41 bits per heavy atom. The number of aromatic nitrogens is 1. The number of esters is 1. The SMILES string of the molecule is CCOC(=O)c1cc2c(c(-c3cccc(F)c3)c1NS(=O)(=O)c1ccc(C)cc1)c1ccccc1n2C. The number of carbonyl (C=O) groups is 1. The number of fused-ring (bicyclic) bond motifs is 3. The lowest BCUT2D eigenvalue weighted by molar-refractivity contribution is 0.0528. The van der Waals surface area contributed by atoms with Crippen molar-refractivity contribution in [3.05, 3.63) is 95.8 Å². The van der Waals surface area contributed by atoms with Crippen LogP contribution in [0, 0.1) is 12.7 Å². The third kappa shape index (κ3) is 4.34. The van der Waals surface area contributed by atoms with Crippen molar-refractivity contribution in [1.82, 2.24) is 4.57 Å². The van der Waals surface area contributed by atoms with Crippen LogP contribution >= 0.6 is 0 Å². The van der Waals surface area contributed by atoms with E-state index in [0.717, 1.165) is 16.5 Å². The summed E-state index contributed by atoms with van der Waals surface area (Å²) in [5.74, 6) is -1.17. The molecule has 0 atom stereocenters. The first-order chi connectivity index (χ1) is 17.7. The van der Waals surface area contributed by atoms with Crippen molar-refractivity contribution in [2.75, 3.05) is 11.3 Å². The van der Waals surface area contributed by atoms with Crippen molar-refractivity contribution in [3.63, 3.8) is 0 Å². The maximum Gasteiger partial charge on any atom is 0.340 e. The second kappa shape index (κ2) is 9.37. The van der Waals surface area contributed by atoms with Crippen LogP contribution in [-0.2, 0) is 21.8 Å². The molecule has 0 aliphatic carbocycles. The molecule has 0 aliphatic heterocycles. The van der Waals surface area contributed by atoms with Gasteiger partial charge in [-0.3, -0.25) is 4.72 Å². The molecule has 0 bridgehead atoms. The number of para-hydroxylation sites is 1. The van der Waals surface area contributed by atoms with Gasteiger partial charge in [0.1, 0.15) is 5.82 Å². The van der Waals surface area contributed by atoms with Crippen LogP contribution in [0.3, 0.4) is 0 Å². The molecule has 0 radical (unpaired) electrons. The highest BCUT2D eigenvalue weighted by Crippen LogP contribution is 2.44. The van der Waals surface area contributed by atoms with Crippen LogP contribution < -0.4 is 4.72 Å². The van der Waals surface area contributed by atoms with Crippen LogP contribution in [-0.4, -0.2) is 25.6 Å². The summed E-state index contributed by atoms with van der Waals surface area (Å²) in [6.07, 6.45) is 0. The highest BCUT2D eigenvalue weighted by molar-refractivity contribution is 7.92. The molecule has 0 saturated heterocycles.